The van der Waals surface area contributed by atoms with Crippen LogP contribution in [-0.2, 0) is 11.3 Å². The average Bonchev–Trinajstić information content (AvgIpc) is 3.11. The third-order valence-electron chi connectivity index (χ3n) is 3.73. The second-order valence-electron chi connectivity index (χ2n) is 5.70. The molecule has 0 aliphatic heterocycles. The molecule has 0 aliphatic rings. The Bertz CT molecular complexity index is 1060. The summed E-state index contributed by atoms with van der Waals surface area (Å²) >= 11 is 6.95. The first-order valence-corrected chi connectivity index (χ1v) is 9.67. The first-order valence-electron chi connectivity index (χ1n) is 8.30. The van der Waals surface area contributed by atoms with Crippen molar-refractivity contribution in [3.63, 3.8) is 0 Å². The van der Waals surface area contributed by atoms with Gasteiger partial charge in [-0.2, -0.15) is 0 Å². The maximum Gasteiger partial charge on any atom is 0.294 e. The second kappa shape index (κ2) is 9.30. The lowest BCUT2D eigenvalue weighted by atomic mass is 10.2. The number of nitrogens with one attached hydrogen (secondary N) is 1. The molecule has 1 aromatic carbocycles. The van der Waals surface area contributed by atoms with E-state index in [0.29, 0.717) is 17.5 Å². The van der Waals surface area contributed by atoms with Gasteiger partial charge in [0.05, 0.1) is 10.7 Å². The van der Waals surface area contributed by atoms with Crippen LogP contribution < -0.4 is 5.32 Å². The zero-order valence-electron chi connectivity index (χ0n) is 15.0. The van der Waals surface area contributed by atoms with Crippen molar-refractivity contribution in [3.8, 4) is 11.4 Å². The predicted octanol–water partition coefficient (Wildman–Crippen LogP) is 3.82. The molecule has 148 valence electrons. The van der Waals surface area contributed by atoms with E-state index in [1.165, 1.54) is 30.0 Å². The molecule has 0 aliphatic carbocycles. The van der Waals surface area contributed by atoms with Crippen molar-refractivity contribution in [2.24, 2.45) is 0 Å². The lowest BCUT2D eigenvalue weighted by Gasteiger charge is -2.08. The molecule has 9 nitrogen and oxygen atoms in total. The molecule has 0 bridgehead atoms. The molecule has 0 spiro atoms. The minimum Gasteiger partial charge on any atom is -0.320 e. The monoisotopic (exact) mass is 430 g/mol. The van der Waals surface area contributed by atoms with Gasteiger partial charge >= 0.3 is 0 Å². The Kier molecular flexibility index (Phi) is 6.57. The molecule has 3 rings (SSSR count). The topological polar surface area (TPSA) is 116 Å². The summed E-state index contributed by atoms with van der Waals surface area (Å²) in [5.74, 6) is 0.202. The number of hydrogen-bond donors (Lipinski definition) is 1. The van der Waals surface area contributed by atoms with E-state index in [9.17, 15) is 14.9 Å². The van der Waals surface area contributed by atoms with Gasteiger partial charge in [0.25, 0.3) is 5.69 Å². The van der Waals surface area contributed by atoms with E-state index in [0.717, 1.165) is 5.56 Å². The normalized spacial score (nSPS) is 10.5. The fraction of sp³-hybridized carbons (Fsp3) is 0.111. The number of thioether (sulfide) groups is 1. The SMILES string of the molecule is C=CCn1c(SCC(=O)Nc2ccc(Cl)cc2[N+](=O)[O-])nnc1-c1ccncc1. The molecule has 11 heteroatoms. The Morgan fingerprint density at radius 1 is 1.31 bits per heavy atom. The van der Waals surface area contributed by atoms with E-state index in [4.69, 9.17) is 11.6 Å². The van der Waals surface area contributed by atoms with Crippen LogP contribution in [0.5, 0.6) is 0 Å². The van der Waals surface area contributed by atoms with E-state index in [1.54, 1.807) is 18.5 Å². The zero-order chi connectivity index (χ0) is 20.8. The fourth-order valence-corrected chi connectivity index (χ4v) is 3.40. The third kappa shape index (κ3) is 4.98. The highest BCUT2D eigenvalue weighted by atomic mass is 35.5. The number of allylic oxidation sites excluding steroid dienone is 1. The van der Waals surface area contributed by atoms with Crippen LogP contribution in [-0.4, -0.2) is 36.3 Å². The zero-order valence-corrected chi connectivity index (χ0v) is 16.6. The van der Waals surface area contributed by atoms with E-state index >= 15 is 0 Å². The van der Waals surface area contributed by atoms with Crippen molar-refractivity contribution in [2.75, 3.05) is 11.1 Å². The van der Waals surface area contributed by atoms with Crippen LogP contribution in [0.1, 0.15) is 0 Å². The first kappa shape index (κ1) is 20.5. The molecule has 0 atom stereocenters. The molecule has 29 heavy (non-hydrogen) atoms. The van der Waals surface area contributed by atoms with Crippen molar-refractivity contribution >= 4 is 40.6 Å². The molecule has 1 N–H and O–H groups in total. The molecule has 0 saturated carbocycles. The highest BCUT2D eigenvalue weighted by Gasteiger charge is 2.18. The van der Waals surface area contributed by atoms with Gasteiger partial charge in [0.2, 0.25) is 5.91 Å². The molecular formula is C18H15ClN6O3S. The Morgan fingerprint density at radius 3 is 2.76 bits per heavy atom. The van der Waals surface area contributed by atoms with Gasteiger partial charge in [-0.3, -0.25) is 24.5 Å². The van der Waals surface area contributed by atoms with Crippen LogP contribution in [0.2, 0.25) is 5.02 Å². The standard InChI is InChI=1S/C18H15ClN6O3S/c1-2-9-24-17(12-5-7-20-8-6-12)22-23-18(24)29-11-16(26)21-14-4-3-13(19)10-15(14)25(27)28/h2-8,10H,1,9,11H2,(H,21,26). The summed E-state index contributed by atoms with van der Waals surface area (Å²) in [6.45, 7) is 4.20. The predicted molar refractivity (Wildman–Crippen MR) is 111 cm³/mol. The molecule has 0 saturated heterocycles. The lowest BCUT2D eigenvalue weighted by Crippen LogP contribution is -2.15. The number of nitro benzene ring substituents is 1. The van der Waals surface area contributed by atoms with Crippen molar-refractivity contribution in [1.29, 1.82) is 0 Å². The van der Waals surface area contributed by atoms with Crippen molar-refractivity contribution < 1.29 is 9.72 Å². The van der Waals surface area contributed by atoms with Gasteiger partial charge in [0, 0.05) is 35.6 Å². The Hall–Kier alpha value is -3.24. The van der Waals surface area contributed by atoms with Gasteiger partial charge in [-0.05, 0) is 24.3 Å². The van der Waals surface area contributed by atoms with Crippen LogP contribution in [0.4, 0.5) is 11.4 Å². The lowest BCUT2D eigenvalue weighted by molar-refractivity contribution is -0.383. The van der Waals surface area contributed by atoms with Gasteiger partial charge in [-0.1, -0.05) is 29.4 Å². The second-order valence-corrected chi connectivity index (χ2v) is 7.08. The van der Waals surface area contributed by atoms with Crippen molar-refractivity contribution in [2.45, 2.75) is 11.7 Å². The minimum atomic E-state index is -0.601. The quantitative estimate of drug-likeness (QED) is 0.250. The average molecular weight is 431 g/mol. The number of halogens is 1. The Balaban J connectivity index is 1.73. The van der Waals surface area contributed by atoms with Gasteiger partial charge in [-0.15, -0.1) is 16.8 Å². The van der Waals surface area contributed by atoms with Crippen molar-refractivity contribution in [3.05, 3.63) is 70.5 Å². The highest BCUT2D eigenvalue weighted by molar-refractivity contribution is 7.99. The minimum absolute atomic E-state index is 0.00853. The number of rotatable bonds is 8. The number of anilines is 1. The van der Waals surface area contributed by atoms with Gasteiger partial charge in [-0.25, -0.2) is 0 Å². The number of nitro groups is 1. The molecule has 0 unspecified atom stereocenters. The number of nitrogens with zero attached hydrogens (tertiary/aromatic N) is 5. The van der Waals surface area contributed by atoms with E-state index < -0.39 is 10.8 Å². The number of carbonyl (C=O) groups excluding carboxylic acids is 1. The Morgan fingerprint density at radius 2 is 2.07 bits per heavy atom. The summed E-state index contributed by atoms with van der Waals surface area (Å²) in [6, 6.07) is 7.67. The summed E-state index contributed by atoms with van der Waals surface area (Å²) in [5, 5.41) is 22.8. The van der Waals surface area contributed by atoms with Gasteiger partial charge in [0.1, 0.15) is 5.69 Å². The number of hydrogen-bond acceptors (Lipinski definition) is 7. The molecule has 2 aromatic heterocycles. The van der Waals surface area contributed by atoms with Crippen molar-refractivity contribution in [1.82, 2.24) is 19.7 Å². The molecule has 3 aromatic rings. The largest absolute Gasteiger partial charge is 0.320 e. The number of carbonyl (C=O) groups is 1. The van der Waals surface area contributed by atoms with Crippen LogP contribution in [0.15, 0.2) is 60.5 Å². The maximum atomic E-state index is 12.3. The summed E-state index contributed by atoms with van der Waals surface area (Å²) < 4.78 is 1.82. The molecule has 2 heterocycles. The smallest absolute Gasteiger partial charge is 0.294 e. The number of benzene rings is 1. The molecule has 0 radical (unpaired) electrons. The number of aromatic nitrogens is 4. The number of amides is 1. The van der Waals surface area contributed by atoms with Crippen LogP contribution in [0.25, 0.3) is 11.4 Å². The Labute approximate surface area is 175 Å². The van der Waals surface area contributed by atoms with Gasteiger partial charge in [0.15, 0.2) is 11.0 Å². The van der Waals surface area contributed by atoms with E-state index in [1.807, 2.05) is 16.7 Å². The molecular weight excluding hydrogens is 416 g/mol. The summed E-state index contributed by atoms with van der Waals surface area (Å²) in [5.41, 5.74) is 0.642. The molecule has 0 fully saturated rings. The number of pyridine rings is 1. The maximum absolute atomic E-state index is 12.3. The van der Waals surface area contributed by atoms with Gasteiger partial charge < -0.3 is 5.32 Å². The summed E-state index contributed by atoms with van der Waals surface area (Å²) in [7, 11) is 0. The van der Waals surface area contributed by atoms with Crippen LogP contribution in [0, 0.1) is 10.1 Å². The van der Waals surface area contributed by atoms with E-state index in [2.05, 4.69) is 27.1 Å². The van der Waals surface area contributed by atoms with Crippen LogP contribution >= 0.6 is 23.4 Å². The fourth-order valence-electron chi connectivity index (χ4n) is 2.48. The molecule has 1 amide bonds. The first-order chi connectivity index (χ1) is 14.0. The van der Waals surface area contributed by atoms with E-state index in [-0.39, 0.29) is 22.2 Å². The summed E-state index contributed by atoms with van der Waals surface area (Å²) in [6.07, 6.45) is 5.01. The van der Waals surface area contributed by atoms with Crippen LogP contribution in [0.3, 0.4) is 0 Å². The summed E-state index contributed by atoms with van der Waals surface area (Å²) in [4.78, 5) is 26.8. The highest BCUT2D eigenvalue weighted by Crippen LogP contribution is 2.28. The third-order valence-corrected chi connectivity index (χ3v) is 4.93.